The van der Waals surface area contributed by atoms with E-state index in [-0.39, 0.29) is 5.91 Å². The predicted molar refractivity (Wildman–Crippen MR) is 80.6 cm³/mol. The second-order valence-corrected chi connectivity index (χ2v) is 6.35. The Labute approximate surface area is 120 Å². The first-order valence-electron chi connectivity index (χ1n) is 7.20. The van der Waals surface area contributed by atoms with Gasteiger partial charge in [-0.3, -0.25) is 4.79 Å². The molecule has 1 atom stereocenters. The standard InChI is InChI=1S/C14H25N3OS/c1-5-7-8-11(6-2)13-16-17-14(19-13)15-12(18)9-10(3)4/h10-11H,5-9H2,1-4H3,(H,15,17,18)/t11-/m1/s1. The van der Waals surface area contributed by atoms with Crippen LogP contribution in [-0.4, -0.2) is 16.1 Å². The van der Waals surface area contributed by atoms with Crippen molar-refractivity contribution in [2.24, 2.45) is 5.92 Å². The monoisotopic (exact) mass is 283 g/mol. The van der Waals surface area contributed by atoms with Gasteiger partial charge in [0.25, 0.3) is 0 Å². The summed E-state index contributed by atoms with van der Waals surface area (Å²) in [5.41, 5.74) is 0. The molecule has 0 bridgehead atoms. The molecule has 1 aromatic heterocycles. The molecule has 0 aliphatic rings. The Morgan fingerprint density at radius 3 is 2.63 bits per heavy atom. The van der Waals surface area contributed by atoms with E-state index in [4.69, 9.17) is 0 Å². The highest BCUT2D eigenvalue weighted by atomic mass is 32.1. The van der Waals surface area contributed by atoms with E-state index in [1.165, 1.54) is 24.2 Å². The molecule has 1 aromatic rings. The fourth-order valence-electron chi connectivity index (χ4n) is 1.94. The fourth-order valence-corrected chi connectivity index (χ4v) is 2.92. The summed E-state index contributed by atoms with van der Waals surface area (Å²) in [6, 6.07) is 0. The molecule has 108 valence electrons. The first kappa shape index (κ1) is 16.1. The molecule has 0 fully saturated rings. The molecule has 4 nitrogen and oxygen atoms in total. The second kappa shape index (κ2) is 8.25. The largest absolute Gasteiger partial charge is 0.301 e. The molecule has 0 radical (unpaired) electrons. The molecule has 0 aromatic carbocycles. The van der Waals surface area contributed by atoms with Gasteiger partial charge in [-0.15, -0.1) is 10.2 Å². The fraction of sp³-hybridized carbons (Fsp3) is 0.786. The molecular formula is C14H25N3OS. The average molecular weight is 283 g/mol. The van der Waals surface area contributed by atoms with E-state index in [0.717, 1.165) is 17.8 Å². The summed E-state index contributed by atoms with van der Waals surface area (Å²) in [7, 11) is 0. The molecule has 1 rings (SSSR count). The third-order valence-corrected chi connectivity index (χ3v) is 4.03. The number of carbonyl (C=O) groups excluding carboxylic acids is 1. The summed E-state index contributed by atoms with van der Waals surface area (Å²) >= 11 is 1.52. The average Bonchev–Trinajstić information content (AvgIpc) is 2.77. The molecule has 0 saturated heterocycles. The summed E-state index contributed by atoms with van der Waals surface area (Å²) in [5.74, 6) is 0.868. The third kappa shape index (κ3) is 5.68. The van der Waals surface area contributed by atoms with Gasteiger partial charge in [0.15, 0.2) is 0 Å². The lowest BCUT2D eigenvalue weighted by atomic mass is 10.0. The summed E-state index contributed by atoms with van der Waals surface area (Å²) in [4.78, 5) is 11.7. The highest BCUT2D eigenvalue weighted by molar-refractivity contribution is 7.15. The number of hydrogen-bond donors (Lipinski definition) is 1. The van der Waals surface area contributed by atoms with Crippen LogP contribution in [0, 0.1) is 5.92 Å². The van der Waals surface area contributed by atoms with Gasteiger partial charge in [0.1, 0.15) is 5.01 Å². The minimum Gasteiger partial charge on any atom is -0.301 e. The van der Waals surface area contributed by atoms with Gasteiger partial charge in [-0.25, -0.2) is 0 Å². The van der Waals surface area contributed by atoms with Crippen molar-refractivity contribution in [1.82, 2.24) is 10.2 Å². The van der Waals surface area contributed by atoms with Crippen LogP contribution in [0.2, 0.25) is 0 Å². The van der Waals surface area contributed by atoms with Crippen molar-refractivity contribution >= 4 is 22.4 Å². The van der Waals surface area contributed by atoms with Crippen LogP contribution in [0.3, 0.4) is 0 Å². The molecule has 0 saturated carbocycles. The van der Waals surface area contributed by atoms with Gasteiger partial charge >= 0.3 is 0 Å². The van der Waals surface area contributed by atoms with Crippen molar-refractivity contribution in [2.75, 3.05) is 5.32 Å². The minimum atomic E-state index is 0.0271. The summed E-state index contributed by atoms with van der Waals surface area (Å²) in [6.45, 7) is 8.44. The number of rotatable bonds is 8. The molecule has 1 heterocycles. The Bertz CT molecular complexity index is 390. The zero-order chi connectivity index (χ0) is 14.3. The second-order valence-electron chi connectivity index (χ2n) is 5.34. The van der Waals surface area contributed by atoms with Gasteiger partial charge in [0.2, 0.25) is 11.0 Å². The SMILES string of the molecule is CCCC[C@@H](CC)c1nnc(NC(=O)CC(C)C)s1. The molecule has 19 heavy (non-hydrogen) atoms. The number of carbonyl (C=O) groups is 1. The van der Waals surface area contributed by atoms with Crippen LogP contribution < -0.4 is 5.32 Å². The van der Waals surface area contributed by atoms with E-state index >= 15 is 0 Å². The lowest BCUT2D eigenvalue weighted by Crippen LogP contribution is -2.13. The van der Waals surface area contributed by atoms with Gasteiger partial charge in [-0.1, -0.05) is 51.9 Å². The van der Waals surface area contributed by atoms with Crippen LogP contribution in [0.5, 0.6) is 0 Å². The maximum absolute atomic E-state index is 11.7. The number of hydrogen-bond acceptors (Lipinski definition) is 4. The number of amides is 1. The quantitative estimate of drug-likeness (QED) is 0.777. The van der Waals surface area contributed by atoms with Gasteiger partial charge < -0.3 is 5.32 Å². The van der Waals surface area contributed by atoms with Crippen molar-refractivity contribution in [3.8, 4) is 0 Å². The van der Waals surface area contributed by atoms with E-state index in [1.54, 1.807) is 0 Å². The zero-order valence-corrected chi connectivity index (χ0v) is 13.2. The van der Waals surface area contributed by atoms with E-state index in [9.17, 15) is 4.79 Å². The summed E-state index contributed by atoms with van der Waals surface area (Å²) < 4.78 is 0. The molecule has 5 heteroatoms. The van der Waals surface area contributed by atoms with Crippen LogP contribution in [0.25, 0.3) is 0 Å². The van der Waals surface area contributed by atoms with Crippen molar-refractivity contribution in [3.05, 3.63) is 5.01 Å². The normalized spacial score (nSPS) is 12.7. The van der Waals surface area contributed by atoms with Crippen LogP contribution in [0.15, 0.2) is 0 Å². The zero-order valence-electron chi connectivity index (χ0n) is 12.4. The van der Waals surface area contributed by atoms with Crippen molar-refractivity contribution in [1.29, 1.82) is 0 Å². The molecule has 0 aliphatic heterocycles. The maximum atomic E-state index is 11.7. The summed E-state index contributed by atoms with van der Waals surface area (Å²) in [6.07, 6.45) is 5.18. The molecular weight excluding hydrogens is 258 g/mol. The minimum absolute atomic E-state index is 0.0271. The van der Waals surface area contributed by atoms with E-state index in [2.05, 4.69) is 29.4 Å². The highest BCUT2D eigenvalue weighted by Crippen LogP contribution is 2.29. The van der Waals surface area contributed by atoms with E-state index in [0.29, 0.717) is 23.4 Å². The molecule has 0 spiro atoms. The smallest absolute Gasteiger partial charge is 0.226 e. The molecule has 1 N–H and O–H groups in total. The molecule has 0 unspecified atom stereocenters. The van der Waals surface area contributed by atoms with Crippen LogP contribution >= 0.6 is 11.3 Å². The van der Waals surface area contributed by atoms with Gasteiger partial charge in [-0.05, 0) is 18.8 Å². The van der Waals surface area contributed by atoms with E-state index in [1.807, 2.05) is 13.8 Å². The maximum Gasteiger partial charge on any atom is 0.226 e. The lowest BCUT2D eigenvalue weighted by Gasteiger charge is -2.09. The van der Waals surface area contributed by atoms with Crippen molar-refractivity contribution in [3.63, 3.8) is 0 Å². The Hall–Kier alpha value is -0.970. The Morgan fingerprint density at radius 1 is 1.32 bits per heavy atom. The van der Waals surface area contributed by atoms with Crippen molar-refractivity contribution in [2.45, 2.75) is 65.7 Å². The summed E-state index contributed by atoms with van der Waals surface area (Å²) in [5, 5.41) is 12.8. The first-order valence-corrected chi connectivity index (χ1v) is 8.01. The van der Waals surface area contributed by atoms with Crippen LogP contribution in [0.1, 0.15) is 70.7 Å². The topological polar surface area (TPSA) is 54.9 Å². The third-order valence-electron chi connectivity index (χ3n) is 3.03. The van der Waals surface area contributed by atoms with Crippen LogP contribution in [0.4, 0.5) is 5.13 Å². The van der Waals surface area contributed by atoms with E-state index < -0.39 is 0 Å². The van der Waals surface area contributed by atoms with Crippen LogP contribution in [-0.2, 0) is 4.79 Å². The van der Waals surface area contributed by atoms with Gasteiger partial charge in [0.05, 0.1) is 0 Å². The Balaban J connectivity index is 2.57. The highest BCUT2D eigenvalue weighted by Gasteiger charge is 2.16. The molecule has 1 amide bonds. The Kier molecular flexibility index (Phi) is 6.99. The van der Waals surface area contributed by atoms with Gasteiger partial charge in [0, 0.05) is 12.3 Å². The van der Waals surface area contributed by atoms with Crippen molar-refractivity contribution < 1.29 is 4.79 Å². The number of anilines is 1. The predicted octanol–water partition coefficient (Wildman–Crippen LogP) is 4.21. The number of nitrogens with one attached hydrogen (secondary N) is 1. The number of unbranched alkanes of at least 4 members (excludes halogenated alkanes) is 1. The molecule has 0 aliphatic carbocycles. The Morgan fingerprint density at radius 2 is 2.05 bits per heavy atom. The number of nitrogens with zero attached hydrogens (tertiary/aromatic N) is 2. The first-order chi connectivity index (χ1) is 9.06. The number of aromatic nitrogens is 2. The van der Waals surface area contributed by atoms with Gasteiger partial charge in [-0.2, -0.15) is 0 Å². The lowest BCUT2D eigenvalue weighted by molar-refractivity contribution is -0.116.